The van der Waals surface area contributed by atoms with Gasteiger partial charge in [-0.25, -0.2) is 0 Å². The summed E-state index contributed by atoms with van der Waals surface area (Å²) in [6.07, 6.45) is 16.2. The van der Waals surface area contributed by atoms with E-state index in [4.69, 9.17) is 0 Å². The van der Waals surface area contributed by atoms with Crippen LogP contribution in [0.5, 0.6) is 0 Å². The third kappa shape index (κ3) is 6.43. The molecule has 15 rings (SSSR count). The van der Waals surface area contributed by atoms with E-state index in [0.717, 1.165) is 31.4 Å². The normalized spacial score (nSPS) is 17.0. The summed E-state index contributed by atoms with van der Waals surface area (Å²) >= 11 is 0. The molecule has 368 valence electrons. The number of aryl methyl sites for hydroxylation is 5. The maximum absolute atomic E-state index is 2.73. The molecule has 0 bridgehead atoms. The van der Waals surface area contributed by atoms with Gasteiger partial charge in [-0.3, -0.25) is 0 Å². The summed E-state index contributed by atoms with van der Waals surface area (Å²) in [5, 5.41) is 6.49. The molecule has 4 heterocycles. The molecule has 3 aromatic heterocycles. The van der Waals surface area contributed by atoms with E-state index in [2.05, 4.69) is 254 Å². The molecule has 4 aliphatic rings. The molecule has 11 aromatic rings. The lowest BCUT2D eigenvalue weighted by molar-refractivity contribution is 0.696. The van der Waals surface area contributed by atoms with Gasteiger partial charge in [-0.05, 0) is 161 Å². The Kier molecular flexibility index (Phi) is 10.0. The fraction of sp³-hybridized carbons (Fsp3) is 0.167. The van der Waals surface area contributed by atoms with Crippen molar-refractivity contribution in [2.24, 2.45) is 0 Å². The molecule has 8 aromatic carbocycles. The van der Waals surface area contributed by atoms with Gasteiger partial charge >= 0.3 is 0 Å². The quantitative estimate of drug-likeness (QED) is 0.151. The first-order valence-electron chi connectivity index (χ1n) is 27.5. The summed E-state index contributed by atoms with van der Waals surface area (Å²) in [5.41, 5.74) is 29.8. The zero-order chi connectivity index (χ0) is 51.1. The van der Waals surface area contributed by atoms with Crippen molar-refractivity contribution in [3.05, 3.63) is 261 Å². The molecule has 3 aliphatic carbocycles. The van der Waals surface area contributed by atoms with Crippen molar-refractivity contribution in [3.8, 4) is 0 Å². The van der Waals surface area contributed by atoms with Crippen molar-refractivity contribution in [2.45, 2.75) is 79.1 Å². The molecule has 0 amide bonds. The monoisotopic (exact) mass is 980 g/mol. The van der Waals surface area contributed by atoms with Gasteiger partial charge in [0.05, 0.1) is 33.4 Å². The van der Waals surface area contributed by atoms with Crippen LogP contribution in [0.15, 0.2) is 211 Å². The highest BCUT2D eigenvalue weighted by molar-refractivity contribution is 6.26. The maximum Gasteiger partial charge on any atom is 0.0618 e. The minimum atomic E-state index is 0.00463. The molecule has 0 saturated carbocycles. The molecule has 76 heavy (non-hydrogen) atoms. The first kappa shape index (κ1) is 44.8. The van der Waals surface area contributed by atoms with Crippen LogP contribution in [0, 0.1) is 34.6 Å². The number of para-hydroxylation sites is 2. The van der Waals surface area contributed by atoms with Gasteiger partial charge in [-0.1, -0.05) is 151 Å². The van der Waals surface area contributed by atoms with Crippen LogP contribution in [0.4, 0.5) is 28.4 Å². The van der Waals surface area contributed by atoms with E-state index in [1.165, 1.54) is 150 Å². The molecule has 0 radical (unpaired) electrons. The van der Waals surface area contributed by atoms with Gasteiger partial charge < -0.3 is 18.8 Å². The van der Waals surface area contributed by atoms with Crippen molar-refractivity contribution >= 4 is 88.7 Å². The van der Waals surface area contributed by atoms with Gasteiger partial charge in [0.1, 0.15) is 0 Å². The standard InChI is InChI=1S/C72H60N4/c1-43-31-37-51(38-32-43)73(61-41-45(3)29-35-47(61)5)57-25-15-27-59-65(57)53-21-13-23-55-67-64(50-19-11-8-12-20-50)72-68(63(49-17-9-7-10-18-49)71(67)75(59)69(53)55)56-24-14-22-54-66-58(26-16-28-60(66)76(72)70(54)56)74(52-39-33-44(2)34-40-52)62-42-46(4)30-36-48(62)6/h7,9-11,13-31,33-37,39-42,63,68H,8,12,32,38H2,1-6H3. The Bertz CT molecular complexity index is 4410. The van der Waals surface area contributed by atoms with Gasteiger partial charge in [0.15, 0.2) is 0 Å². The number of fused-ring (bicyclic) bond motifs is 12. The van der Waals surface area contributed by atoms with Crippen molar-refractivity contribution < 1.29 is 0 Å². The fourth-order valence-corrected chi connectivity index (χ4v) is 14.0. The molecule has 0 saturated heterocycles. The SMILES string of the molecule is CC1=CC=C(N(c2cc(C)ccc2C)c2cccc3c2c2cccc4c5c(n3c42)C(c2ccccc2)C2C(=C5C3=CCCC=C3)n3c4cccc(N(c5ccc(C)cc5)c5cc(C)ccc5C)c4c4cccc2c43)CC1. The Morgan fingerprint density at radius 1 is 0.500 bits per heavy atom. The van der Waals surface area contributed by atoms with Crippen LogP contribution in [0.25, 0.3) is 60.3 Å². The highest BCUT2D eigenvalue weighted by Gasteiger charge is 2.48. The third-order valence-electron chi connectivity index (χ3n) is 17.4. The van der Waals surface area contributed by atoms with Crippen LogP contribution < -0.4 is 9.80 Å². The number of nitrogens with zero attached hydrogens (tertiary/aromatic N) is 4. The largest absolute Gasteiger partial charge is 0.313 e. The molecule has 4 nitrogen and oxygen atoms in total. The van der Waals surface area contributed by atoms with Crippen LogP contribution >= 0.6 is 0 Å². The second-order valence-electron chi connectivity index (χ2n) is 22.2. The van der Waals surface area contributed by atoms with Crippen molar-refractivity contribution in [3.63, 3.8) is 0 Å². The predicted octanol–water partition coefficient (Wildman–Crippen LogP) is 19.5. The molecular formula is C72H60N4. The van der Waals surface area contributed by atoms with Gasteiger partial charge in [0, 0.05) is 84.1 Å². The zero-order valence-electron chi connectivity index (χ0n) is 44.2. The highest BCUT2D eigenvalue weighted by atomic mass is 15.2. The van der Waals surface area contributed by atoms with E-state index in [0.29, 0.717) is 0 Å². The summed E-state index contributed by atoms with van der Waals surface area (Å²) in [5.74, 6) is 0.0372. The lowest BCUT2D eigenvalue weighted by Crippen LogP contribution is -2.22. The average molecular weight is 981 g/mol. The Morgan fingerprint density at radius 2 is 1.14 bits per heavy atom. The Morgan fingerprint density at radius 3 is 1.86 bits per heavy atom. The minimum absolute atomic E-state index is 0.00463. The van der Waals surface area contributed by atoms with E-state index in [1.807, 2.05) is 0 Å². The van der Waals surface area contributed by atoms with Crippen LogP contribution in [0.3, 0.4) is 0 Å². The number of aromatic nitrogens is 2. The molecule has 2 unspecified atom stereocenters. The summed E-state index contributed by atoms with van der Waals surface area (Å²) in [6, 6.07) is 62.9. The number of benzene rings is 8. The minimum Gasteiger partial charge on any atom is -0.313 e. The van der Waals surface area contributed by atoms with Crippen molar-refractivity contribution in [1.29, 1.82) is 0 Å². The summed E-state index contributed by atoms with van der Waals surface area (Å²) in [6.45, 7) is 13.4. The molecule has 2 atom stereocenters. The molecule has 0 N–H and O–H groups in total. The first-order valence-corrected chi connectivity index (χ1v) is 27.5. The number of hydrogen-bond acceptors (Lipinski definition) is 2. The lowest BCUT2D eigenvalue weighted by Gasteiger charge is -2.35. The van der Waals surface area contributed by atoms with Gasteiger partial charge in [-0.2, -0.15) is 0 Å². The van der Waals surface area contributed by atoms with Crippen LogP contribution in [-0.2, 0) is 0 Å². The van der Waals surface area contributed by atoms with Gasteiger partial charge in [0.2, 0.25) is 0 Å². The molecule has 4 heteroatoms. The number of allylic oxidation sites excluding steroid dienone is 10. The number of anilines is 5. The molecule has 0 spiro atoms. The van der Waals surface area contributed by atoms with Crippen molar-refractivity contribution in [2.75, 3.05) is 9.80 Å². The second kappa shape index (κ2) is 17.0. The predicted molar refractivity (Wildman–Crippen MR) is 322 cm³/mol. The van der Waals surface area contributed by atoms with E-state index < -0.39 is 0 Å². The smallest absolute Gasteiger partial charge is 0.0618 e. The van der Waals surface area contributed by atoms with Gasteiger partial charge in [0.25, 0.3) is 0 Å². The Labute approximate surface area is 445 Å². The zero-order valence-corrected chi connectivity index (χ0v) is 44.2. The third-order valence-corrected chi connectivity index (χ3v) is 17.4. The average Bonchev–Trinajstić information content (AvgIpc) is 4.30. The van der Waals surface area contributed by atoms with Crippen LogP contribution in [0.1, 0.15) is 94.6 Å². The van der Waals surface area contributed by atoms with Crippen LogP contribution in [0.2, 0.25) is 0 Å². The fourth-order valence-electron chi connectivity index (χ4n) is 14.0. The van der Waals surface area contributed by atoms with Crippen LogP contribution in [-0.4, -0.2) is 8.97 Å². The van der Waals surface area contributed by atoms with E-state index >= 15 is 0 Å². The van der Waals surface area contributed by atoms with E-state index in [1.54, 1.807) is 0 Å². The molecule has 0 fully saturated rings. The molecule has 1 aliphatic heterocycles. The number of hydrogen-bond donors (Lipinski definition) is 0. The van der Waals surface area contributed by atoms with E-state index in [-0.39, 0.29) is 11.8 Å². The highest BCUT2D eigenvalue weighted by Crippen LogP contribution is 2.64. The van der Waals surface area contributed by atoms with Gasteiger partial charge in [-0.15, -0.1) is 0 Å². The maximum atomic E-state index is 2.73. The molecular weight excluding hydrogens is 921 g/mol. The Hall–Kier alpha value is -8.60. The number of rotatable bonds is 8. The summed E-state index contributed by atoms with van der Waals surface area (Å²) in [7, 11) is 0. The Balaban J connectivity index is 1.07. The summed E-state index contributed by atoms with van der Waals surface area (Å²) in [4.78, 5) is 5.12. The summed E-state index contributed by atoms with van der Waals surface area (Å²) < 4.78 is 5.46. The lowest BCUT2D eigenvalue weighted by atomic mass is 9.70. The van der Waals surface area contributed by atoms with E-state index in [9.17, 15) is 0 Å². The topological polar surface area (TPSA) is 15.8 Å². The van der Waals surface area contributed by atoms with Crippen molar-refractivity contribution in [1.82, 2.24) is 8.97 Å². The first-order chi connectivity index (χ1) is 37.2. The second-order valence-corrected chi connectivity index (χ2v) is 22.2.